The normalized spacial score (nSPS) is 10.9. The molecule has 4 heteroatoms. The van der Waals surface area contributed by atoms with E-state index in [1.165, 1.54) is 96.3 Å². The molecule has 0 saturated carbocycles. The lowest BCUT2D eigenvalue weighted by Crippen LogP contribution is -2.31. The van der Waals surface area contributed by atoms with E-state index in [2.05, 4.69) is 12.2 Å². The average molecular weight is 359 g/mol. The smallest absolute Gasteiger partial charge is 0.165 e. The monoisotopic (exact) mass is 358 g/mol. The molecule has 0 radical (unpaired) electrons. The van der Waals surface area contributed by atoms with E-state index in [1.807, 2.05) is 0 Å². The molecule has 0 aromatic heterocycles. The largest absolute Gasteiger partial charge is 0.376 e. The summed E-state index contributed by atoms with van der Waals surface area (Å²) in [6.07, 6.45) is 22.3. The SMILES string of the molecule is CCCCCCCCCCCCCCCCCCOCNC(N)=S. The summed E-state index contributed by atoms with van der Waals surface area (Å²) in [5.74, 6) is 0. The topological polar surface area (TPSA) is 47.3 Å². The van der Waals surface area contributed by atoms with Crippen molar-refractivity contribution in [2.24, 2.45) is 5.73 Å². The van der Waals surface area contributed by atoms with Gasteiger partial charge in [0.15, 0.2) is 5.11 Å². The molecule has 24 heavy (non-hydrogen) atoms. The molecule has 144 valence electrons. The van der Waals surface area contributed by atoms with Gasteiger partial charge in [0.25, 0.3) is 0 Å². The third-order valence-electron chi connectivity index (χ3n) is 4.49. The van der Waals surface area contributed by atoms with Crippen LogP contribution in [0.4, 0.5) is 0 Å². The molecule has 0 fully saturated rings. The summed E-state index contributed by atoms with van der Waals surface area (Å²) in [4.78, 5) is 0. The molecule has 0 spiro atoms. The highest BCUT2D eigenvalue weighted by Crippen LogP contribution is 2.13. The minimum Gasteiger partial charge on any atom is -0.376 e. The Labute approximate surface area is 156 Å². The van der Waals surface area contributed by atoms with Crippen LogP contribution in [-0.2, 0) is 4.74 Å². The predicted molar refractivity (Wildman–Crippen MR) is 110 cm³/mol. The van der Waals surface area contributed by atoms with Gasteiger partial charge in [-0.15, -0.1) is 0 Å². The second kappa shape index (κ2) is 20.7. The number of unbranched alkanes of at least 4 members (excludes halogenated alkanes) is 15. The maximum Gasteiger partial charge on any atom is 0.165 e. The highest BCUT2D eigenvalue weighted by Gasteiger charge is 1.95. The Balaban J connectivity index is 2.97. The second-order valence-corrected chi connectivity index (χ2v) is 7.34. The Hall–Kier alpha value is -0.350. The van der Waals surface area contributed by atoms with Gasteiger partial charge in [0.1, 0.15) is 6.73 Å². The maximum atomic E-state index is 5.38. The molecule has 0 aromatic rings. The van der Waals surface area contributed by atoms with Crippen molar-refractivity contribution in [1.29, 1.82) is 0 Å². The summed E-state index contributed by atoms with van der Waals surface area (Å²) in [7, 11) is 0. The summed E-state index contributed by atoms with van der Waals surface area (Å²) >= 11 is 4.70. The standard InChI is InChI=1S/C20H42N2OS/c1-2-3-4-5-6-7-8-9-10-11-12-13-14-15-16-17-18-23-19-22-20(21)24/h2-19H2,1H3,(H3,21,22,24). The van der Waals surface area contributed by atoms with Crippen LogP contribution in [0.1, 0.15) is 110 Å². The van der Waals surface area contributed by atoms with Crippen LogP contribution < -0.4 is 11.1 Å². The Kier molecular flexibility index (Phi) is 20.4. The molecule has 0 aliphatic rings. The minimum absolute atomic E-state index is 0.307. The van der Waals surface area contributed by atoms with Crippen molar-refractivity contribution in [2.45, 2.75) is 110 Å². The van der Waals surface area contributed by atoms with E-state index in [4.69, 9.17) is 22.7 Å². The molecule has 0 saturated heterocycles. The van der Waals surface area contributed by atoms with Crippen molar-refractivity contribution < 1.29 is 4.74 Å². The van der Waals surface area contributed by atoms with Gasteiger partial charge in [-0.1, -0.05) is 103 Å². The molecule has 3 N–H and O–H groups in total. The first-order valence-electron chi connectivity index (χ1n) is 10.4. The van der Waals surface area contributed by atoms with E-state index in [9.17, 15) is 0 Å². The summed E-state index contributed by atoms with van der Waals surface area (Å²) in [6.45, 7) is 3.52. The fourth-order valence-electron chi connectivity index (χ4n) is 2.95. The van der Waals surface area contributed by atoms with Crippen LogP contribution in [0.2, 0.25) is 0 Å². The molecular formula is C20H42N2OS. The number of ether oxygens (including phenoxy) is 1. The van der Waals surface area contributed by atoms with Crippen molar-refractivity contribution in [3.63, 3.8) is 0 Å². The van der Waals surface area contributed by atoms with E-state index >= 15 is 0 Å². The highest BCUT2D eigenvalue weighted by atomic mass is 32.1. The van der Waals surface area contributed by atoms with Crippen LogP contribution in [0.25, 0.3) is 0 Å². The molecule has 3 nitrogen and oxygen atoms in total. The molecule has 0 bridgehead atoms. The first kappa shape index (κ1) is 23.6. The molecule has 0 unspecified atom stereocenters. The Morgan fingerprint density at radius 1 is 0.708 bits per heavy atom. The fourth-order valence-corrected chi connectivity index (χ4v) is 3.01. The summed E-state index contributed by atoms with van der Waals surface area (Å²) in [6, 6.07) is 0. The fraction of sp³-hybridized carbons (Fsp3) is 0.950. The predicted octanol–water partition coefficient (Wildman–Crippen LogP) is 6.06. The van der Waals surface area contributed by atoms with E-state index in [1.54, 1.807) is 0 Å². The third kappa shape index (κ3) is 21.6. The number of hydrogen-bond donors (Lipinski definition) is 2. The molecule has 0 rings (SSSR count). The van der Waals surface area contributed by atoms with Gasteiger partial charge in [0, 0.05) is 6.61 Å². The summed E-state index contributed by atoms with van der Waals surface area (Å²) < 4.78 is 5.38. The van der Waals surface area contributed by atoms with Crippen molar-refractivity contribution in [1.82, 2.24) is 5.32 Å². The van der Waals surface area contributed by atoms with Crippen LogP contribution in [0.3, 0.4) is 0 Å². The lowest BCUT2D eigenvalue weighted by molar-refractivity contribution is 0.125. The number of rotatable bonds is 19. The minimum atomic E-state index is 0.307. The number of nitrogens with two attached hydrogens (primary N) is 1. The Bertz CT molecular complexity index is 262. The van der Waals surface area contributed by atoms with Gasteiger partial charge in [-0.05, 0) is 18.6 Å². The first-order chi connectivity index (χ1) is 11.8. The van der Waals surface area contributed by atoms with Gasteiger partial charge in [0.2, 0.25) is 0 Å². The van der Waals surface area contributed by atoms with Gasteiger partial charge < -0.3 is 15.8 Å². The zero-order chi connectivity index (χ0) is 17.7. The van der Waals surface area contributed by atoms with E-state index in [-0.39, 0.29) is 0 Å². The third-order valence-corrected chi connectivity index (χ3v) is 4.64. The number of nitrogens with one attached hydrogen (secondary N) is 1. The highest BCUT2D eigenvalue weighted by molar-refractivity contribution is 7.80. The second-order valence-electron chi connectivity index (χ2n) is 6.90. The van der Waals surface area contributed by atoms with Crippen molar-refractivity contribution in [3.05, 3.63) is 0 Å². The molecular weight excluding hydrogens is 316 g/mol. The molecule has 0 aliphatic heterocycles. The Morgan fingerprint density at radius 3 is 1.46 bits per heavy atom. The van der Waals surface area contributed by atoms with Crippen molar-refractivity contribution in [2.75, 3.05) is 13.3 Å². The van der Waals surface area contributed by atoms with Crippen LogP contribution in [0, 0.1) is 0 Å². The lowest BCUT2D eigenvalue weighted by Gasteiger charge is -2.06. The van der Waals surface area contributed by atoms with Gasteiger partial charge in [-0.25, -0.2) is 0 Å². The molecule has 0 aromatic carbocycles. The Morgan fingerprint density at radius 2 is 1.08 bits per heavy atom. The van der Waals surface area contributed by atoms with Crippen molar-refractivity contribution >= 4 is 17.3 Å². The summed E-state index contributed by atoms with van der Waals surface area (Å²) in [5, 5.41) is 3.09. The quantitative estimate of drug-likeness (QED) is 0.167. The van der Waals surface area contributed by atoms with Gasteiger partial charge in [-0.2, -0.15) is 0 Å². The summed E-state index contributed by atoms with van der Waals surface area (Å²) in [5.41, 5.74) is 5.31. The lowest BCUT2D eigenvalue weighted by atomic mass is 10.0. The molecule has 0 atom stereocenters. The maximum absolute atomic E-state index is 5.38. The number of thiocarbonyl (C=S) groups is 1. The van der Waals surface area contributed by atoms with Crippen LogP contribution in [-0.4, -0.2) is 18.5 Å². The molecule has 0 aliphatic carbocycles. The molecule has 0 heterocycles. The molecule has 0 amide bonds. The van der Waals surface area contributed by atoms with E-state index < -0.39 is 0 Å². The van der Waals surface area contributed by atoms with Gasteiger partial charge in [-0.3, -0.25) is 0 Å². The van der Waals surface area contributed by atoms with Gasteiger partial charge in [0.05, 0.1) is 0 Å². The van der Waals surface area contributed by atoms with Crippen molar-refractivity contribution in [3.8, 4) is 0 Å². The zero-order valence-electron chi connectivity index (χ0n) is 16.1. The first-order valence-corrected chi connectivity index (χ1v) is 10.8. The number of hydrogen-bond acceptors (Lipinski definition) is 2. The average Bonchev–Trinajstić information content (AvgIpc) is 2.56. The van der Waals surface area contributed by atoms with Crippen LogP contribution in [0.5, 0.6) is 0 Å². The van der Waals surface area contributed by atoms with E-state index in [0.29, 0.717) is 11.8 Å². The zero-order valence-corrected chi connectivity index (χ0v) is 16.9. The van der Waals surface area contributed by atoms with E-state index in [0.717, 1.165) is 13.0 Å². The van der Waals surface area contributed by atoms with Crippen LogP contribution in [0.15, 0.2) is 0 Å². The van der Waals surface area contributed by atoms with Crippen LogP contribution >= 0.6 is 12.2 Å². The van der Waals surface area contributed by atoms with Gasteiger partial charge >= 0.3 is 0 Å².